The third-order valence-corrected chi connectivity index (χ3v) is 3.06. The zero-order valence-electron chi connectivity index (χ0n) is 11.8. The van der Waals surface area contributed by atoms with Gasteiger partial charge >= 0.3 is 5.97 Å². The van der Waals surface area contributed by atoms with Gasteiger partial charge in [-0.25, -0.2) is 4.98 Å². The molecule has 0 fully saturated rings. The zero-order chi connectivity index (χ0) is 15.6. The van der Waals surface area contributed by atoms with Gasteiger partial charge in [-0.15, -0.1) is 0 Å². The molecule has 0 saturated heterocycles. The molecule has 8 heteroatoms. The highest BCUT2D eigenvalue weighted by Gasteiger charge is 2.16. The molecule has 0 spiro atoms. The highest BCUT2D eigenvalue weighted by molar-refractivity contribution is 6.28. The van der Waals surface area contributed by atoms with Crippen LogP contribution in [0.3, 0.4) is 0 Å². The molecule has 0 aliphatic heterocycles. The van der Waals surface area contributed by atoms with Crippen molar-refractivity contribution in [1.29, 1.82) is 0 Å². The van der Waals surface area contributed by atoms with Gasteiger partial charge in [-0.3, -0.25) is 4.79 Å². The summed E-state index contributed by atoms with van der Waals surface area (Å²) in [6.07, 6.45) is 0. The fraction of sp³-hybridized carbons (Fsp3) is 0.308. The Morgan fingerprint density at radius 2 is 1.90 bits per heavy atom. The van der Waals surface area contributed by atoms with Crippen molar-refractivity contribution in [2.24, 2.45) is 0 Å². The lowest BCUT2D eigenvalue weighted by atomic mass is 10.2. The Bertz CT molecular complexity index is 693. The first kappa shape index (κ1) is 15.1. The summed E-state index contributed by atoms with van der Waals surface area (Å²) in [6.45, 7) is -0.212. The Labute approximate surface area is 126 Å². The molecule has 1 heterocycles. The Hall–Kier alpha value is -2.28. The van der Waals surface area contributed by atoms with Crippen molar-refractivity contribution >= 4 is 34.3 Å². The fourth-order valence-corrected chi connectivity index (χ4v) is 2.15. The van der Waals surface area contributed by atoms with Gasteiger partial charge in [0.15, 0.2) is 11.5 Å². The number of rotatable bonds is 5. The first-order valence-electron chi connectivity index (χ1n) is 5.98. The topological polar surface area (TPSA) is 84.8 Å². The lowest BCUT2D eigenvalue weighted by Crippen LogP contribution is -2.26. The summed E-state index contributed by atoms with van der Waals surface area (Å²) in [7, 11) is 4.65. The number of halogens is 1. The molecule has 112 valence electrons. The van der Waals surface area contributed by atoms with Gasteiger partial charge in [0.05, 0.1) is 19.7 Å². The Morgan fingerprint density at radius 3 is 2.48 bits per heavy atom. The van der Waals surface area contributed by atoms with Crippen LogP contribution in [0.15, 0.2) is 12.1 Å². The smallest absolute Gasteiger partial charge is 0.323 e. The maximum atomic E-state index is 10.9. The average molecular weight is 312 g/mol. The van der Waals surface area contributed by atoms with E-state index in [1.54, 1.807) is 19.2 Å². The molecule has 0 bridgehead atoms. The van der Waals surface area contributed by atoms with Gasteiger partial charge in [0, 0.05) is 18.5 Å². The molecule has 0 unspecified atom stereocenters. The molecule has 1 aromatic carbocycles. The van der Waals surface area contributed by atoms with Crippen LogP contribution in [-0.2, 0) is 4.79 Å². The fourth-order valence-electron chi connectivity index (χ4n) is 1.98. The molecule has 1 N–H and O–H groups in total. The molecule has 0 radical (unpaired) electrons. The van der Waals surface area contributed by atoms with E-state index >= 15 is 0 Å². The predicted molar refractivity (Wildman–Crippen MR) is 78.6 cm³/mol. The standard InChI is InChI=1S/C13H14ClN3O4/c1-17(6-11(18)19)12-7-4-9(20-2)10(21-3)5-8(7)15-13(14)16-12/h4-5H,6H2,1-3H3,(H,18,19). The van der Waals surface area contributed by atoms with Gasteiger partial charge in [-0.05, 0) is 17.7 Å². The van der Waals surface area contributed by atoms with Gasteiger partial charge in [0.25, 0.3) is 0 Å². The van der Waals surface area contributed by atoms with E-state index in [9.17, 15) is 4.79 Å². The van der Waals surface area contributed by atoms with Gasteiger partial charge in [-0.2, -0.15) is 4.98 Å². The summed E-state index contributed by atoms with van der Waals surface area (Å²) < 4.78 is 10.5. The number of carboxylic acid groups (broad SMARTS) is 1. The number of hydrogen-bond donors (Lipinski definition) is 1. The molecule has 2 rings (SSSR count). The lowest BCUT2D eigenvalue weighted by Gasteiger charge is -2.18. The van der Waals surface area contributed by atoms with Crippen molar-refractivity contribution < 1.29 is 19.4 Å². The van der Waals surface area contributed by atoms with E-state index in [0.29, 0.717) is 28.2 Å². The summed E-state index contributed by atoms with van der Waals surface area (Å²) in [6, 6.07) is 3.36. The number of hydrogen-bond acceptors (Lipinski definition) is 6. The number of carbonyl (C=O) groups is 1. The molecule has 0 atom stereocenters. The van der Waals surface area contributed by atoms with Crippen molar-refractivity contribution in [3.8, 4) is 11.5 Å². The third-order valence-electron chi connectivity index (χ3n) is 2.89. The van der Waals surface area contributed by atoms with Gasteiger partial charge in [-0.1, -0.05) is 0 Å². The van der Waals surface area contributed by atoms with Gasteiger partial charge < -0.3 is 19.5 Å². The van der Waals surface area contributed by atoms with Crippen LogP contribution < -0.4 is 14.4 Å². The quantitative estimate of drug-likeness (QED) is 0.843. The summed E-state index contributed by atoms with van der Waals surface area (Å²) in [5.41, 5.74) is 0.542. The van der Waals surface area contributed by atoms with E-state index in [1.807, 2.05) is 0 Å². The highest BCUT2D eigenvalue weighted by atomic mass is 35.5. The molecule has 1 aromatic heterocycles. The predicted octanol–water partition coefficient (Wildman–Crippen LogP) is 1.82. The molecule has 0 amide bonds. The number of aliphatic carboxylic acids is 1. The summed E-state index contributed by atoms with van der Waals surface area (Å²) in [5, 5.41) is 9.56. The molecular weight excluding hydrogens is 298 g/mol. The monoisotopic (exact) mass is 311 g/mol. The van der Waals surface area contributed by atoms with Crippen LogP contribution in [-0.4, -0.2) is 48.9 Å². The van der Waals surface area contributed by atoms with Gasteiger partial charge in [0.1, 0.15) is 12.4 Å². The van der Waals surface area contributed by atoms with E-state index in [2.05, 4.69) is 9.97 Å². The number of ether oxygens (including phenoxy) is 2. The van der Waals surface area contributed by atoms with Crippen LogP contribution in [0.25, 0.3) is 10.9 Å². The molecular formula is C13H14ClN3O4. The molecule has 7 nitrogen and oxygen atoms in total. The van der Waals surface area contributed by atoms with E-state index in [-0.39, 0.29) is 11.8 Å². The Kier molecular flexibility index (Phi) is 4.32. The number of aromatic nitrogens is 2. The summed E-state index contributed by atoms with van der Waals surface area (Å²) in [5.74, 6) is 0.446. The van der Waals surface area contributed by atoms with E-state index in [0.717, 1.165) is 0 Å². The van der Waals surface area contributed by atoms with Crippen molar-refractivity contribution in [2.45, 2.75) is 0 Å². The number of benzene rings is 1. The van der Waals surface area contributed by atoms with E-state index in [4.69, 9.17) is 26.2 Å². The number of nitrogens with zero attached hydrogens (tertiary/aromatic N) is 3. The van der Waals surface area contributed by atoms with E-state index < -0.39 is 5.97 Å². The average Bonchev–Trinajstić information content (AvgIpc) is 2.44. The molecule has 0 aliphatic carbocycles. The minimum Gasteiger partial charge on any atom is -0.493 e. The minimum atomic E-state index is -0.971. The van der Waals surface area contributed by atoms with E-state index in [1.165, 1.54) is 19.1 Å². The molecule has 21 heavy (non-hydrogen) atoms. The highest BCUT2D eigenvalue weighted by Crippen LogP contribution is 2.35. The van der Waals surface area contributed by atoms with Crippen LogP contribution in [0.4, 0.5) is 5.82 Å². The summed E-state index contributed by atoms with van der Waals surface area (Å²) >= 11 is 5.91. The third kappa shape index (κ3) is 3.08. The Morgan fingerprint density at radius 1 is 1.29 bits per heavy atom. The second kappa shape index (κ2) is 6.01. The zero-order valence-corrected chi connectivity index (χ0v) is 12.5. The van der Waals surface area contributed by atoms with Crippen molar-refractivity contribution in [2.75, 3.05) is 32.7 Å². The number of carboxylic acids is 1. The molecule has 0 saturated carbocycles. The first-order chi connectivity index (χ1) is 9.96. The maximum absolute atomic E-state index is 10.9. The SMILES string of the molecule is COc1cc2nc(Cl)nc(N(C)CC(=O)O)c2cc1OC. The second-order valence-electron chi connectivity index (χ2n) is 4.29. The minimum absolute atomic E-state index is 0.0296. The first-order valence-corrected chi connectivity index (χ1v) is 6.36. The molecule has 0 aliphatic rings. The van der Waals surface area contributed by atoms with Crippen LogP contribution in [0.1, 0.15) is 0 Å². The Balaban J connectivity index is 2.66. The molecule has 2 aromatic rings. The number of methoxy groups -OCH3 is 2. The second-order valence-corrected chi connectivity index (χ2v) is 4.63. The van der Waals surface area contributed by atoms with Crippen LogP contribution in [0.5, 0.6) is 11.5 Å². The number of fused-ring (bicyclic) bond motifs is 1. The largest absolute Gasteiger partial charge is 0.493 e. The lowest BCUT2D eigenvalue weighted by molar-refractivity contribution is -0.135. The van der Waals surface area contributed by atoms with Crippen molar-refractivity contribution in [3.05, 3.63) is 17.4 Å². The van der Waals surface area contributed by atoms with Crippen LogP contribution in [0, 0.1) is 0 Å². The number of anilines is 1. The van der Waals surface area contributed by atoms with Crippen LogP contribution >= 0.6 is 11.6 Å². The van der Waals surface area contributed by atoms with Crippen LogP contribution in [0.2, 0.25) is 5.28 Å². The number of likely N-dealkylation sites (N-methyl/N-ethyl adjacent to an activating group) is 1. The van der Waals surface area contributed by atoms with Gasteiger partial charge in [0.2, 0.25) is 5.28 Å². The van der Waals surface area contributed by atoms with Crippen molar-refractivity contribution in [1.82, 2.24) is 9.97 Å². The normalized spacial score (nSPS) is 10.5. The maximum Gasteiger partial charge on any atom is 0.323 e. The van der Waals surface area contributed by atoms with Crippen molar-refractivity contribution in [3.63, 3.8) is 0 Å². The summed E-state index contributed by atoms with van der Waals surface area (Å²) in [4.78, 5) is 20.6.